The number of nitrogens with zero attached hydrogens (tertiary/aromatic N) is 6. The summed E-state index contributed by atoms with van der Waals surface area (Å²) in [5.74, 6) is -0.692. The van der Waals surface area contributed by atoms with E-state index in [1.807, 2.05) is 19.9 Å². The molecular formula is C21H21F4N7O2. The Kier molecular flexibility index (Phi) is 7.41. The van der Waals surface area contributed by atoms with Crippen LogP contribution in [-0.2, 0) is 4.74 Å². The van der Waals surface area contributed by atoms with Crippen molar-refractivity contribution in [1.82, 2.24) is 29.8 Å². The Labute approximate surface area is 191 Å². The number of hydrogen-bond donors (Lipinski definition) is 1. The van der Waals surface area contributed by atoms with E-state index in [0.29, 0.717) is 22.3 Å². The van der Waals surface area contributed by atoms with Crippen LogP contribution in [0.5, 0.6) is 0 Å². The summed E-state index contributed by atoms with van der Waals surface area (Å²) < 4.78 is 57.9. The summed E-state index contributed by atoms with van der Waals surface area (Å²) in [4.78, 5) is 28.8. The molecule has 0 saturated carbocycles. The minimum absolute atomic E-state index is 0.161. The van der Waals surface area contributed by atoms with E-state index >= 15 is 0 Å². The zero-order valence-electron chi connectivity index (χ0n) is 18.6. The average Bonchev–Trinajstić information content (AvgIpc) is 3.17. The van der Waals surface area contributed by atoms with Crippen molar-refractivity contribution in [3.63, 3.8) is 0 Å². The van der Waals surface area contributed by atoms with Gasteiger partial charge in [0.2, 0.25) is 0 Å². The number of imidazole rings is 1. The highest BCUT2D eigenvalue weighted by molar-refractivity contribution is 5.92. The van der Waals surface area contributed by atoms with Gasteiger partial charge in [-0.15, -0.1) is 0 Å². The van der Waals surface area contributed by atoms with E-state index in [1.54, 1.807) is 11.5 Å². The van der Waals surface area contributed by atoms with Crippen LogP contribution in [0.2, 0.25) is 0 Å². The molecule has 0 aliphatic carbocycles. The minimum atomic E-state index is -3.14. The van der Waals surface area contributed by atoms with Crippen LogP contribution in [0.15, 0.2) is 18.6 Å². The molecular weight excluding hydrogens is 458 g/mol. The topological polar surface area (TPSA) is 119 Å². The normalized spacial score (nSPS) is 13.5. The monoisotopic (exact) mass is 479 g/mol. The van der Waals surface area contributed by atoms with Crippen molar-refractivity contribution in [1.29, 1.82) is 5.26 Å². The van der Waals surface area contributed by atoms with Crippen LogP contribution < -0.4 is 5.32 Å². The molecule has 180 valence electrons. The van der Waals surface area contributed by atoms with Gasteiger partial charge in [-0.2, -0.15) is 14.0 Å². The molecule has 0 radical (unpaired) electrons. The molecule has 0 aromatic carbocycles. The number of hydrogen-bond acceptors (Lipinski definition) is 7. The second kappa shape index (κ2) is 10.1. The van der Waals surface area contributed by atoms with Gasteiger partial charge >= 0.3 is 6.61 Å². The number of carbonyl (C=O) groups excluding carboxylic acids is 1. The highest BCUT2D eigenvalue weighted by Gasteiger charge is 2.32. The molecule has 3 rings (SSSR count). The smallest absolute Gasteiger partial charge is 0.338 e. The predicted molar refractivity (Wildman–Crippen MR) is 111 cm³/mol. The summed E-state index contributed by atoms with van der Waals surface area (Å²) in [6.45, 7) is 3.49. The van der Waals surface area contributed by atoms with Gasteiger partial charge in [-0.3, -0.25) is 9.78 Å². The van der Waals surface area contributed by atoms with Crippen molar-refractivity contribution in [3.05, 3.63) is 46.9 Å². The molecule has 0 fully saturated rings. The van der Waals surface area contributed by atoms with Crippen molar-refractivity contribution >= 4 is 17.1 Å². The molecule has 3 heterocycles. The molecule has 9 nitrogen and oxygen atoms in total. The largest absolute Gasteiger partial charge is 0.345 e. The maximum absolute atomic E-state index is 13.1. The number of halogens is 4. The number of aromatic nitrogens is 5. The number of rotatable bonds is 8. The number of carbonyl (C=O) groups is 1. The van der Waals surface area contributed by atoms with E-state index in [4.69, 9.17) is 0 Å². The third kappa shape index (κ3) is 4.96. The lowest BCUT2D eigenvalue weighted by molar-refractivity contribution is -0.165. The molecule has 1 amide bonds. The van der Waals surface area contributed by atoms with Crippen molar-refractivity contribution in [2.45, 2.75) is 58.9 Å². The van der Waals surface area contributed by atoms with Crippen LogP contribution in [0, 0.1) is 18.3 Å². The van der Waals surface area contributed by atoms with Gasteiger partial charge in [-0.1, -0.05) is 0 Å². The molecule has 0 aliphatic rings. The fourth-order valence-electron chi connectivity index (χ4n) is 3.42. The Morgan fingerprint density at radius 3 is 2.35 bits per heavy atom. The van der Waals surface area contributed by atoms with E-state index in [2.05, 4.69) is 30.0 Å². The molecule has 3 aromatic heterocycles. The summed E-state index contributed by atoms with van der Waals surface area (Å²) in [5.41, 5.74) is 0.678. The van der Waals surface area contributed by atoms with Gasteiger partial charge in [-0.25, -0.2) is 23.7 Å². The first-order chi connectivity index (χ1) is 16.0. The number of pyridine rings is 1. The van der Waals surface area contributed by atoms with Crippen LogP contribution in [-0.4, -0.2) is 43.1 Å². The summed E-state index contributed by atoms with van der Waals surface area (Å²) in [5, 5.41) is 11.9. The Bertz CT molecular complexity index is 1220. The molecule has 0 saturated heterocycles. The standard InChI is InChI=1S/C21H21F4N7O2/c1-9(2)32-18-15(10(3)12(5-26)6-29-18)30-19(32)16(11(4)34-21(24)25)31-20(33)14-8-27-13(7-28-14)17(22)23/h6-9,11,16-17,21H,1-4H3,(H,31,33)/t11-,16+/m1/s1. The molecule has 1 N–H and O–H groups in total. The number of alkyl halides is 4. The van der Waals surface area contributed by atoms with E-state index in [-0.39, 0.29) is 17.6 Å². The van der Waals surface area contributed by atoms with Gasteiger partial charge in [0.15, 0.2) is 5.65 Å². The molecule has 13 heteroatoms. The van der Waals surface area contributed by atoms with E-state index in [9.17, 15) is 27.6 Å². The number of ether oxygens (including phenoxy) is 1. The van der Waals surface area contributed by atoms with Gasteiger partial charge in [-0.05, 0) is 33.3 Å². The summed E-state index contributed by atoms with van der Waals surface area (Å²) >= 11 is 0. The van der Waals surface area contributed by atoms with Crippen LogP contribution >= 0.6 is 0 Å². The van der Waals surface area contributed by atoms with E-state index in [0.717, 1.165) is 12.4 Å². The van der Waals surface area contributed by atoms with Crippen molar-refractivity contribution in [2.75, 3.05) is 0 Å². The number of fused-ring (bicyclic) bond motifs is 1. The number of nitriles is 1. The summed E-state index contributed by atoms with van der Waals surface area (Å²) in [7, 11) is 0. The lowest BCUT2D eigenvalue weighted by Gasteiger charge is -2.26. The van der Waals surface area contributed by atoms with Gasteiger partial charge in [0, 0.05) is 12.2 Å². The Morgan fingerprint density at radius 2 is 1.82 bits per heavy atom. The maximum Gasteiger partial charge on any atom is 0.345 e. The lowest BCUT2D eigenvalue weighted by atomic mass is 10.1. The molecule has 0 aliphatic heterocycles. The van der Waals surface area contributed by atoms with Crippen LogP contribution in [0.3, 0.4) is 0 Å². The summed E-state index contributed by atoms with van der Waals surface area (Å²) in [6, 6.07) is 0.546. The number of amides is 1. The van der Waals surface area contributed by atoms with Crippen molar-refractivity contribution in [3.8, 4) is 6.07 Å². The number of nitrogens with one attached hydrogen (secondary N) is 1. The third-order valence-electron chi connectivity index (χ3n) is 5.10. The van der Waals surface area contributed by atoms with Gasteiger partial charge in [0.05, 0.1) is 24.1 Å². The quantitative estimate of drug-likeness (QED) is 0.485. The first kappa shape index (κ1) is 25.0. The fraction of sp³-hybridized carbons (Fsp3) is 0.429. The Morgan fingerprint density at radius 1 is 1.12 bits per heavy atom. The first-order valence-corrected chi connectivity index (χ1v) is 10.2. The lowest BCUT2D eigenvalue weighted by Crippen LogP contribution is -2.39. The molecule has 0 spiro atoms. The maximum atomic E-state index is 13.1. The second-order valence-electron chi connectivity index (χ2n) is 7.69. The highest BCUT2D eigenvalue weighted by atomic mass is 19.3. The SMILES string of the molecule is Cc1c(C#N)cnc2c1nc([C@@H](NC(=O)c1cnc(C(F)F)cn1)[C@@H](C)OC(F)F)n2C(C)C. The molecule has 3 aromatic rings. The molecule has 0 bridgehead atoms. The van der Waals surface area contributed by atoms with Crippen LogP contribution in [0.25, 0.3) is 11.2 Å². The van der Waals surface area contributed by atoms with Crippen molar-refractivity contribution in [2.24, 2.45) is 0 Å². The Balaban J connectivity index is 2.10. The minimum Gasteiger partial charge on any atom is -0.338 e. The molecule has 0 unspecified atom stereocenters. The van der Waals surface area contributed by atoms with Gasteiger partial charge < -0.3 is 14.6 Å². The van der Waals surface area contributed by atoms with Crippen molar-refractivity contribution < 1.29 is 27.1 Å². The second-order valence-corrected chi connectivity index (χ2v) is 7.69. The van der Waals surface area contributed by atoms with E-state index < -0.39 is 36.8 Å². The zero-order valence-corrected chi connectivity index (χ0v) is 18.6. The molecule has 34 heavy (non-hydrogen) atoms. The van der Waals surface area contributed by atoms with Gasteiger partial charge in [0.1, 0.15) is 34.8 Å². The Hall–Kier alpha value is -3.66. The zero-order chi connectivity index (χ0) is 25.2. The summed E-state index contributed by atoms with van der Waals surface area (Å²) in [6.07, 6.45) is -1.12. The fourth-order valence-corrected chi connectivity index (χ4v) is 3.42. The predicted octanol–water partition coefficient (Wildman–Crippen LogP) is 4.02. The highest BCUT2D eigenvalue weighted by Crippen LogP contribution is 2.30. The molecule has 2 atom stereocenters. The third-order valence-corrected chi connectivity index (χ3v) is 5.10. The van der Waals surface area contributed by atoms with Gasteiger partial charge in [0.25, 0.3) is 12.3 Å². The number of aryl methyl sites for hydroxylation is 1. The first-order valence-electron chi connectivity index (χ1n) is 10.2. The van der Waals surface area contributed by atoms with Crippen LogP contribution in [0.4, 0.5) is 17.6 Å². The average molecular weight is 479 g/mol. The van der Waals surface area contributed by atoms with Crippen LogP contribution in [0.1, 0.15) is 72.4 Å². The van der Waals surface area contributed by atoms with E-state index in [1.165, 1.54) is 13.1 Å².